The molecule has 2 rings (SSSR count). The zero-order valence-corrected chi connectivity index (χ0v) is 11.9. The smallest absolute Gasteiger partial charge is 0.245 e. The highest BCUT2D eigenvalue weighted by molar-refractivity contribution is 5.85. The van der Waals surface area contributed by atoms with Gasteiger partial charge in [-0.05, 0) is 18.4 Å². The Morgan fingerprint density at radius 1 is 1.16 bits per heavy atom. The van der Waals surface area contributed by atoms with Gasteiger partial charge in [0.15, 0.2) is 0 Å². The number of nitrogens with one attached hydrogen (secondary N) is 1. The Hall–Kier alpha value is -1.35. The first-order valence-electron chi connectivity index (χ1n) is 7.39. The number of carbonyl (C=O) groups excluding carboxylic acids is 1. The molecule has 2 unspecified atom stereocenters. The van der Waals surface area contributed by atoms with Gasteiger partial charge in [-0.25, -0.2) is 0 Å². The van der Waals surface area contributed by atoms with E-state index in [2.05, 4.69) is 19.2 Å². The first-order valence-corrected chi connectivity index (χ1v) is 7.39. The molecule has 1 aliphatic heterocycles. The van der Waals surface area contributed by atoms with Crippen LogP contribution in [0.4, 0.5) is 0 Å². The monoisotopic (exact) mass is 260 g/mol. The second-order valence-corrected chi connectivity index (χ2v) is 5.20. The van der Waals surface area contributed by atoms with Gasteiger partial charge in [0.05, 0.1) is 6.17 Å². The van der Waals surface area contributed by atoms with E-state index in [-0.39, 0.29) is 18.1 Å². The fourth-order valence-corrected chi connectivity index (χ4v) is 2.66. The highest BCUT2D eigenvalue weighted by Gasteiger charge is 2.38. The van der Waals surface area contributed by atoms with Crippen molar-refractivity contribution in [1.29, 1.82) is 0 Å². The number of carbonyl (C=O) groups is 1. The molecule has 0 bridgehead atoms. The Kier molecular flexibility index (Phi) is 4.97. The third-order valence-electron chi connectivity index (χ3n) is 3.71. The first-order chi connectivity index (χ1) is 9.27. The topological polar surface area (TPSA) is 32.3 Å². The lowest BCUT2D eigenvalue weighted by Gasteiger charge is -2.23. The molecule has 19 heavy (non-hydrogen) atoms. The number of hydrogen-bond acceptors (Lipinski definition) is 2. The van der Waals surface area contributed by atoms with Crippen molar-refractivity contribution < 1.29 is 4.79 Å². The summed E-state index contributed by atoms with van der Waals surface area (Å²) in [6, 6.07) is 9.88. The minimum Gasteiger partial charge on any atom is -0.325 e. The predicted octanol–water partition coefficient (Wildman–Crippen LogP) is 3.09. The molecular weight excluding hydrogens is 236 g/mol. The van der Waals surface area contributed by atoms with Crippen molar-refractivity contribution in [2.24, 2.45) is 0 Å². The quantitative estimate of drug-likeness (QED) is 0.852. The van der Waals surface area contributed by atoms with E-state index in [1.54, 1.807) is 0 Å². The predicted molar refractivity (Wildman–Crippen MR) is 77.6 cm³/mol. The van der Waals surface area contributed by atoms with Crippen LogP contribution in [-0.4, -0.2) is 23.5 Å². The summed E-state index contributed by atoms with van der Waals surface area (Å²) in [6.45, 7) is 5.20. The number of nitrogens with zero attached hydrogens (tertiary/aromatic N) is 1. The molecule has 0 spiro atoms. The largest absolute Gasteiger partial charge is 0.325 e. The lowest BCUT2D eigenvalue weighted by Crippen LogP contribution is -2.37. The van der Waals surface area contributed by atoms with Gasteiger partial charge in [-0.15, -0.1) is 0 Å². The molecule has 1 aliphatic rings. The average molecular weight is 260 g/mol. The van der Waals surface area contributed by atoms with E-state index in [0.29, 0.717) is 0 Å². The lowest BCUT2D eigenvalue weighted by atomic mass is 10.1. The summed E-state index contributed by atoms with van der Waals surface area (Å²) in [5.41, 5.74) is 1.08. The maximum atomic E-state index is 12.6. The van der Waals surface area contributed by atoms with Gasteiger partial charge in [0.2, 0.25) is 5.91 Å². The molecule has 0 aliphatic carbocycles. The van der Waals surface area contributed by atoms with Crippen LogP contribution < -0.4 is 5.32 Å². The van der Waals surface area contributed by atoms with Crippen molar-refractivity contribution >= 4 is 5.91 Å². The van der Waals surface area contributed by atoms with Crippen molar-refractivity contribution in [3.8, 4) is 0 Å². The van der Waals surface area contributed by atoms with Crippen LogP contribution in [0.2, 0.25) is 0 Å². The minimum atomic E-state index is -0.158. The summed E-state index contributed by atoms with van der Waals surface area (Å²) in [6.07, 6.45) is 4.52. The Morgan fingerprint density at radius 2 is 1.89 bits per heavy atom. The zero-order valence-electron chi connectivity index (χ0n) is 11.9. The summed E-state index contributed by atoms with van der Waals surface area (Å²) < 4.78 is 0. The van der Waals surface area contributed by atoms with Crippen LogP contribution in [0.1, 0.15) is 51.1 Å². The first kappa shape index (κ1) is 14.1. The molecule has 1 aromatic carbocycles. The summed E-state index contributed by atoms with van der Waals surface area (Å²) in [7, 11) is 0. The maximum absolute atomic E-state index is 12.6. The van der Waals surface area contributed by atoms with Gasteiger partial charge in [0.1, 0.15) is 6.04 Å². The molecule has 3 nitrogen and oxygen atoms in total. The van der Waals surface area contributed by atoms with Gasteiger partial charge in [0.25, 0.3) is 0 Å². The fourth-order valence-electron chi connectivity index (χ4n) is 2.66. The summed E-state index contributed by atoms with van der Waals surface area (Å²) >= 11 is 0. The third-order valence-corrected chi connectivity index (χ3v) is 3.71. The van der Waals surface area contributed by atoms with E-state index in [9.17, 15) is 4.79 Å². The molecule has 1 saturated heterocycles. The van der Waals surface area contributed by atoms with Gasteiger partial charge in [0, 0.05) is 6.54 Å². The van der Waals surface area contributed by atoms with Crippen molar-refractivity contribution in [2.75, 3.05) is 6.54 Å². The lowest BCUT2D eigenvalue weighted by molar-refractivity contribution is -0.130. The van der Waals surface area contributed by atoms with Crippen molar-refractivity contribution in [3.05, 3.63) is 35.9 Å². The number of unbranched alkanes of at least 4 members (excludes halogenated alkanes) is 1. The highest BCUT2D eigenvalue weighted by Crippen LogP contribution is 2.26. The Labute approximate surface area is 116 Å². The molecule has 0 saturated carbocycles. The molecule has 3 heteroatoms. The van der Waals surface area contributed by atoms with Crippen molar-refractivity contribution in [3.63, 3.8) is 0 Å². The number of rotatable bonds is 6. The molecule has 0 aromatic heterocycles. The van der Waals surface area contributed by atoms with Crippen LogP contribution >= 0.6 is 0 Å². The second-order valence-electron chi connectivity index (χ2n) is 5.20. The molecule has 1 heterocycles. The number of hydrogen-bond donors (Lipinski definition) is 1. The van der Waals surface area contributed by atoms with Crippen LogP contribution in [-0.2, 0) is 4.79 Å². The Bertz CT molecular complexity index is 404. The van der Waals surface area contributed by atoms with Crippen molar-refractivity contribution in [1.82, 2.24) is 10.2 Å². The van der Waals surface area contributed by atoms with E-state index < -0.39 is 0 Å². The Morgan fingerprint density at radius 3 is 2.53 bits per heavy atom. The van der Waals surface area contributed by atoms with Crippen LogP contribution in [0.3, 0.4) is 0 Å². The van der Waals surface area contributed by atoms with E-state index in [4.69, 9.17) is 0 Å². The van der Waals surface area contributed by atoms with E-state index in [0.717, 1.165) is 37.8 Å². The zero-order chi connectivity index (χ0) is 13.7. The second kappa shape index (κ2) is 6.71. The van der Waals surface area contributed by atoms with Crippen LogP contribution in [0.5, 0.6) is 0 Å². The van der Waals surface area contributed by atoms with Gasteiger partial charge in [-0.1, -0.05) is 57.0 Å². The molecule has 1 aromatic rings. The van der Waals surface area contributed by atoms with E-state index in [1.807, 2.05) is 35.2 Å². The van der Waals surface area contributed by atoms with E-state index in [1.165, 1.54) is 0 Å². The van der Waals surface area contributed by atoms with Crippen LogP contribution in [0.15, 0.2) is 30.3 Å². The molecule has 0 radical (unpaired) electrons. The standard InChI is InChI=1S/C16H24N2O/c1-3-5-12-18-14(9-4-2)17-15(16(18)19)13-10-7-6-8-11-13/h6-8,10-11,14-15,17H,3-5,9,12H2,1-2H3. The van der Waals surface area contributed by atoms with Crippen LogP contribution in [0, 0.1) is 0 Å². The molecule has 1 amide bonds. The SMILES string of the molecule is CCCCN1C(=O)C(c2ccccc2)NC1CCC. The number of amides is 1. The summed E-state index contributed by atoms with van der Waals surface area (Å²) in [4.78, 5) is 14.6. The normalized spacial score (nSPS) is 23.1. The van der Waals surface area contributed by atoms with E-state index >= 15 is 0 Å². The van der Waals surface area contributed by atoms with Gasteiger partial charge in [-0.3, -0.25) is 10.1 Å². The molecule has 2 atom stereocenters. The summed E-state index contributed by atoms with van der Waals surface area (Å²) in [5, 5.41) is 3.49. The van der Waals surface area contributed by atoms with Crippen LogP contribution in [0.25, 0.3) is 0 Å². The van der Waals surface area contributed by atoms with Crippen molar-refractivity contribution in [2.45, 2.75) is 51.7 Å². The third kappa shape index (κ3) is 3.16. The Balaban J connectivity index is 2.13. The summed E-state index contributed by atoms with van der Waals surface area (Å²) in [5.74, 6) is 0.234. The number of benzene rings is 1. The van der Waals surface area contributed by atoms with Gasteiger partial charge in [-0.2, -0.15) is 0 Å². The highest BCUT2D eigenvalue weighted by atomic mass is 16.2. The van der Waals surface area contributed by atoms with Gasteiger partial charge < -0.3 is 4.90 Å². The molecular formula is C16H24N2O. The minimum absolute atomic E-state index is 0.158. The molecule has 1 N–H and O–H groups in total. The fraction of sp³-hybridized carbons (Fsp3) is 0.562. The molecule has 1 fully saturated rings. The maximum Gasteiger partial charge on any atom is 0.245 e. The van der Waals surface area contributed by atoms with Gasteiger partial charge >= 0.3 is 0 Å². The molecule has 104 valence electrons. The average Bonchev–Trinajstić information content (AvgIpc) is 2.75.